The largest absolute Gasteiger partial charge is 0.446 e. The van der Waals surface area contributed by atoms with Gasteiger partial charge in [-0.2, -0.15) is 0 Å². The van der Waals surface area contributed by atoms with Gasteiger partial charge in [-0.3, -0.25) is 0 Å². The molecule has 0 saturated carbocycles. The van der Waals surface area contributed by atoms with Crippen LogP contribution in [0.15, 0.2) is 30.3 Å². The molecule has 3 heteroatoms. The third-order valence-corrected chi connectivity index (χ3v) is 2.54. The number of rotatable bonds is 2. The van der Waals surface area contributed by atoms with E-state index in [1.807, 2.05) is 26.8 Å². The lowest BCUT2D eigenvalue weighted by Crippen LogP contribution is -2.24. The molecule has 0 saturated heterocycles. The summed E-state index contributed by atoms with van der Waals surface area (Å²) in [6.45, 7) is 7.37. The van der Waals surface area contributed by atoms with Crippen molar-refractivity contribution in [2.45, 2.75) is 39.9 Å². The molecule has 0 heterocycles. The first-order chi connectivity index (χ1) is 8.80. The second-order valence-electron chi connectivity index (χ2n) is 5.47. The first-order valence-corrected chi connectivity index (χ1v) is 6.26. The molecule has 102 valence electrons. The minimum absolute atomic E-state index is 0.309. The molecule has 0 amide bonds. The van der Waals surface area contributed by atoms with Gasteiger partial charge in [0.15, 0.2) is 6.10 Å². The summed E-state index contributed by atoms with van der Waals surface area (Å²) in [5.74, 6) is 5.04. The SMILES string of the molecule is C[C@@H](C#C[C@@H](O)C(C)(C)C)OC(=O)c1ccccc1. The van der Waals surface area contributed by atoms with Gasteiger partial charge < -0.3 is 9.84 Å². The Morgan fingerprint density at radius 3 is 2.32 bits per heavy atom. The lowest BCUT2D eigenvalue weighted by atomic mass is 9.89. The van der Waals surface area contributed by atoms with E-state index in [1.54, 1.807) is 31.2 Å². The highest BCUT2D eigenvalue weighted by Crippen LogP contribution is 2.18. The molecule has 1 aromatic rings. The number of carbonyl (C=O) groups is 1. The van der Waals surface area contributed by atoms with E-state index in [0.29, 0.717) is 5.56 Å². The van der Waals surface area contributed by atoms with Crippen molar-refractivity contribution in [1.82, 2.24) is 0 Å². The maximum Gasteiger partial charge on any atom is 0.339 e. The van der Waals surface area contributed by atoms with Crippen LogP contribution in [0.4, 0.5) is 0 Å². The molecule has 1 aromatic carbocycles. The number of esters is 1. The third kappa shape index (κ3) is 5.15. The van der Waals surface area contributed by atoms with Crippen molar-refractivity contribution in [1.29, 1.82) is 0 Å². The van der Waals surface area contributed by atoms with Crippen molar-refractivity contribution < 1.29 is 14.6 Å². The summed E-state index contributed by atoms with van der Waals surface area (Å²) in [5.41, 5.74) is 0.184. The van der Waals surface area contributed by atoms with Crippen LogP contribution in [0.3, 0.4) is 0 Å². The van der Waals surface area contributed by atoms with Crippen LogP contribution in [0, 0.1) is 17.3 Å². The van der Waals surface area contributed by atoms with E-state index in [1.165, 1.54) is 0 Å². The summed E-state index contributed by atoms with van der Waals surface area (Å²) in [5, 5.41) is 9.77. The lowest BCUT2D eigenvalue weighted by Gasteiger charge is -2.20. The lowest BCUT2D eigenvalue weighted by molar-refractivity contribution is 0.0436. The molecule has 2 atom stereocenters. The monoisotopic (exact) mass is 260 g/mol. The van der Waals surface area contributed by atoms with Crippen LogP contribution in [0.2, 0.25) is 0 Å². The number of aliphatic hydroxyl groups excluding tert-OH is 1. The Morgan fingerprint density at radius 1 is 1.21 bits per heavy atom. The Balaban J connectivity index is 2.60. The van der Waals surface area contributed by atoms with Gasteiger partial charge in [-0.1, -0.05) is 50.8 Å². The summed E-state index contributed by atoms with van der Waals surface area (Å²) in [6.07, 6.45) is -1.30. The van der Waals surface area contributed by atoms with Gasteiger partial charge in [-0.25, -0.2) is 4.79 Å². The van der Waals surface area contributed by atoms with Crippen LogP contribution in [0.25, 0.3) is 0 Å². The second kappa shape index (κ2) is 6.40. The predicted octanol–water partition coefficient (Wildman–Crippen LogP) is 2.64. The summed E-state index contributed by atoms with van der Waals surface area (Å²) in [6, 6.07) is 8.76. The summed E-state index contributed by atoms with van der Waals surface area (Å²) in [4.78, 5) is 11.7. The van der Waals surface area contributed by atoms with Gasteiger partial charge in [-0.15, -0.1) is 0 Å². The zero-order valence-corrected chi connectivity index (χ0v) is 11.8. The first-order valence-electron chi connectivity index (χ1n) is 6.26. The smallest absolute Gasteiger partial charge is 0.339 e. The normalized spacial score (nSPS) is 13.9. The van der Waals surface area contributed by atoms with Crippen LogP contribution < -0.4 is 0 Å². The van der Waals surface area contributed by atoms with Crippen molar-refractivity contribution in [3.05, 3.63) is 35.9 Å². The maximum atomic E-state index is 11.7. The molecule has 0 radical (unpaired) electrons. The zero-order valence-electron chi connectivity index (χ0n) is 11.8. The van der Waals surface area contributed by atoms with Crippen LogP contribution in [-0.2, 0) is 4.74 Å². The Bertz CT molecular complexity index is 474. The molecule has 0 aliphatic heterocycles. The Morgan fingerprint density at radius 2 is 1.79 bits per heavy atom. The van der Waals surface area contributed by atoms with Crippen LogP contribution in [-0.4, -0.2) is 23.3 Å². The average molecular weight is 260 g/mol. The van der Waals surface area contributed by atoms with E-state index in [-0.39, 0.29) is 5.41 Å². The number of ether oxygens (including phenoxy) is 1. The molecule has 0 fully saturated rings. The highest BCUT2D eigenvalue weighted by molar-refractivity contribution is 5.89. The molecule has 0 unspecified atom stereocenters. The van der Waals surface area contributed by atoms with Crippen molar-refractivity contribution in [2.75, 3.05) is 0 Å². The molecule has 0 aliphatic rings. The molecule has 0 bridgehead atoms. The highest BCUT2D eigenvalue weighted by atomic mass is 16.5. The third-order valence-electron chi connectivity index (χ3n) is 2.54. The average Bonchev–Trinajstić information content (AvgIpc) is 2.35. The van der Waals surface area contributed by atoms with Gasteiger partial charge in [-0.05, 0) is 24.5 Å². The van der Waals surface area contributed by atoms with Gasteiger partial charge in [0.2, 0.25) is 0 Å². The molecule has 19 heavy (non-hydrogen) atoms. The minimum Gasteiger partial charge on any atom is -0.446 e. The minimum atomic E-state index is -0.745. The number of carbonyl (C=O) groups excluding carboxylic acids is 1. The molecular weight excluding hydrogens is 240 g/mol. The highest BCUT2D eigenvalue weighted by Gasteiger charge is 2.19. The van der Waals surface area contributed by atoms with Crippen LogP contribution in [0.5, 0.6) is 0 Å². The van der Waals surface area contributed by atoms with Gasteiger partial charge >= 0.3 is 5.97 Å². The fourth-order valence-corrected chi connectivity index (χ4v) is 1.25. The quantitative estimate of drug-likeness (QED) is 0.657. The van der Waals surface area contributed by atoms with Crippen molar-refractivity contribution >= 4 is 5.97 Å². The van der Waals surface area contributed by atoms with Gasteiger partial charge in [0.05, 0.1) is 5.56 Å². The van der Waals surface area contributed by atoms with E-state index in [2.05, 4.69) is 11.8 Å². The van der Waals surface area contributed by atoms with E-state index in [9.17, 15) is 9.90 Å². The molecule has 0 aliphatic carbocycles. The molecule has 1 rings (SSSR count). The van der Waals surface area contributed by atoms with Crippen molar-refractivity contribution in [2.24, 2.45) is 5.41 Å². The Kier molecular flexibility index (Phi) is 5.14. The Labute approximate surface area is 114 Å². The molecule has 0 spiro atoms. The number of benzene rings is 1. The van der Waals surface area contributed by atoms with E-state index < -0.39 is 18.2 Å². The van der Waals surface area contributed by atoms with E-state index >= 15 is 0 Å². The Hall–Kier alpha value is -1.79. The summed E-state index contributed by atoms with van der Waals surface area (Å²) >= 11 is 0. The van der Waals surface area contributed by atoms with Crippen molar-refractivity contribution in [3.63, 3.8) is 0 Å². The number of hydrogen-bond acceptors (Lipinski definition) is 3. The zero-order chi connectivity index (χ0) is 14.5. The standard InChI is InChI=1S/C16H20O3/c1-12(10-11-14(17)16(2,3)4)19-15(18)13-8-6-5-7-9-13/h5-9,12,14,17H,1-4H3/t12-,14+/m0/s1. The molecule has 3 nitrogen and oxygen atoms in total. The summed E-state index contributed by atoms with van der Waals surface area (Å²) < 4.78 is 5.18. The van der Waals surface area contributed by atoms with E-state index in [0.717, 1.165) is 0 Å². The summed E-state index contributed by atoms with van der Waals surface area (Å²) in [7, 11) is 0. The van der Waals surface area contributed by atoms with Gasteiger partial charge in [0.25, 0.3) is 0 Å². The number of hydrogen-bond donors (Lipinski definition) is 1. The fourth-order valence-electron chi connectivity index (χ4n) is 1.25. The first kappa shape index (κ1) is 15.3. The fraction of sp³-hybridized carbons (Fsp3) is 0.438. The van der Waals surface area contributed by atoms with Gasteiger partial charge in [0.1, 0.15) is 6.10 Å². The molecule has 1 N–H and O–H groups in total. The molecule has 0 aromatic heterocycles. The topological polar surface area (TPSA) is 46.5 Å². The van der Waals surface area contributed by atoms with E-state index in [4.69, 9.17) is 4.74 Å². The molecular formula is C16H20O3. The second-order valence-corrected chi connectivity index (χ2v) is 5.47. The van der Waals surface area contributed by atoms with Gasteiger partial charge in [0, 0.05) is 0 Å². The van der Waals surface area contributed by atoms with Crippen molar-refractivity contribution in [3.8, 4) is 11.8 Å². The predicted molar refractivity (Wildman–Crippen MR) is 74.6 cm³/mol. The maximum absolute atomic E-state index is 11.7. The number of aliphatic hydroxyl groups is 1. The van der Waals surface area contributed by atoms with Crippen LogP contribution >= 0.6 is 0 Å². The van der Waals surface area contributed by atoms with Crippen LogP contribution in [0.1, 0.15) is 38.1 Å².